The van der Waals surface area contributed by atoms with Crippen LogP contribution in [-0.4, -0.2) is 22.0 Å². The number of carbonyl (C=O) groups is 1. The van der Waals surface area contributed by atoms with Gasteiger partial charge in [-0.15, -0.1) is 0 Å². The van der Waals surface area contributed by atoms with Crippen molar-refractivity contribution in [3.8, 4) is 0 Å². The highest BCUT2D eigenvalue weighted by Crippen LogP contribution is 2.18. The molecule has 1 saturated carbocycles. The minimum Gasteiger partial charge on any atom is -0.335 e. The van der Waals surface area contributed by atoms with Gasteiger partial charge in [0.05, 0.1) is 6.20 Å². The van der Waals surface area contributed by atoms with E-state index in [1.54, 1.807) is 6.20 Å². The number of nitrogens with one attached hydrogen (secondary N) is 2. The molecule has 1 fully saturated rings. The first-order chi connectivity index (χ1) is 6.34. The number of urea groups is 1. The van der Waals surface area contributed by atoms with E-state index in [2.05, 4.69) is 20.6 Å². The third kappa shape index (κ3) is 2.40. The number of nitrogens with zero attached hydrogens (tertiary/aromatic N) is 2. The highest BCUT2D eigenvalue weighted by atomic mass is 16.2. The number of carbonyl (C=O) groups excluding carboxylic acids is 1. The Hall–Kier alpha value is -1.65. The van der Waals surface area contributed by atoms with Crippen LogP contribution < -0.4 is 10.6 Å². The van der Waals surface area contributed by atoms with Crippen molar-refractivity contribution in [2.75, 3.05) is 5.32 Å². The average Bonchev–Trinajstić information content (AvgIpc) is 2.90. The average molecular weight is 178 g/mol. The molecule has 5 nitrogen and oxygen atoms in total. The maximum Gasteiger partial charge on any atom is 0.320 e. The summed E-state index contributed by atoms with van der Waals surface area (Å²) in [7, 11) is 0. The van der Waals surface area contributed by atoms with Gasteiger partial charge in [0, 0.05) is 18.4 Å². The second kappa shape index (κ2) is 3.38. The lowest BCUT2D eigenvalue weighted by Gasteiger charge is -2.03. The quantitative estimate of drug-likeness (QED) is 0.702. The SMILES string of the molecule is O=C(Nc1cnccn1)NC1CC1. The molecule has 0 unspecified atom stereocenters. The zero-order chi connectivity index (χ0) is 9.10. The topological polar surface area (TPSA) is 66.9 Å². The van der Waals surface area contributed by atoms with Crippen LogP contribution in [0.4, 0.5) is 10.6 Å². The van der Waals surface area contributed by atoms with Crippen molar-refractivity contribution in [1.82, 2.24) is 15.3 Å². The lowest BCUT2D eigenvalue weighted by molar-refractivity contribution is 0.251. The third-order valence-corrected chi connectivity index (χ3v) is 1.72. The number of hydrogen-bond acceptors (Lipinski definition) is 3. The van der Waals surface area contributed by atoms with Crippen molar-refractivity contribution in [2.24, 2.45) is 0 Å². The van der Waals surface area contributed by atoms with Gasteiger partial charge in [-0.2, -0.15) is 0 Å². The van der Waals surface area contributed by atoms with Gasteiger partial charge in [0.2, 0.25) is 0 Å². The number of rotatable bonds is 2. The molecule has 1 aromatic heterocycles. The summed E-state index contributed by atoms with van der Waals surface area (Å²) >= 11 is 0. The largest absolute Gasteiger partial charge is 0.335 e. The highest BCUT2D eigenvalue weighted by Gasteiger charge is 2.23. The lowest BCUT2D eigenvalue weighted by Crippen LogP contribution is -2.30. The van der Waals surface area contributed by atoms with Gasteiger partial charge >= 0.3 is 6.03 Å². The summed E-state index contributed by atoms with van der Waals surface area (Å²) in [6.45, 7) is 0. The smallest absolute Gasteiger partial charge is 0.320 e. The van der Waals surface area contributed by atoms with Crippen LogP contribution in [0.25, 0.3) is 0 Å². The van der Waals surface area contributed by atoms with Gasteiger partial charge in [0.25, 0.3) is 0 Å². The van der Waals surface area contributed by atoms with E-state index in [4.69, 9.17) is 0 Å². The zero-order valence-electron chi connectivity index (χ0n) is 7.03. The Morgan fingerprint density at radius 1 is 1.46 bits per heavy atom. The van der Waals surface area contributed by atoms with Gasteiger partial charge < -0.3 is 5.32 Å². The first-order valence-electron chi connectivity index (χ1n) is 4.18. The predicted molar refractivity (Wildman–Crippen MR) is 47.2 cm³/mol. The Morgan fingerprint density at radius 2 is 2.31 bits per heavy atom. The number of amides is 2. The van der Waals surface area contributed by atoms with Gasteiger partial charge in [-0.25, -0.2) is 9.78 Å². The number of aromatic nitrogens is 2. The summed E-state index contributed by atoms with van der Waals surface area (Å²) in [4.78, 5) is 18.9. The normalized spacial score (nSPS) is 15.1. The predicted octanol–water partition coefficient (Wildman–Crippen LogP) is 0.760. The molecule has 5 heteroatoms. The van der Waals surface area contributed by atoms with E-state index >= 15 is 0 Å². The second-order valence-corrected chi connectivity index (χ2v) is 2.96. The summed E-state index contributed by atoms with van der Waals surface area (Å²) in [6, 6.07) is 0.152. The summed E-state index contributed by atoms with van der Waals surface area (Å²) in [5.74, 6) is 0.473. The lowest BCUT2D eigenvalue weighted by atomic mass is 10.6. The van der Waals surface area contributed by atoms with E-state index in [-0.39, 0.29) is 6.03 Å². The van der Waals surface area contributed by atoms with Gasteiger partial charge in [-0.05, 0) is 12.8 Å². The molecular weight excluding hydrogens is 168 g/mol. The molecule has 2 N–H and O–H groups in total. The van der Waals surface area contributed by atoms with Crippen LogP contribution >= 0.6 is 0 Å². The van der Waals surface area contributed by atoms with Crippen LogP contribution in [0.3, 0.4) is 0 Å². The Morgan fingerprint density at radius 3 is 2.92 bits per heavy atom. The molecule has 0 atom stereocenters. The monoisotopic (exact) mass is 178 g/mol. The first-order valence-corrected chi connectivity index (χ1v) is 4.18. The van der Waals surface area contributed by atoms with Crippen molar-refractivity contribution in [2.45, 2.75) is 18.9 Å². The van der Waals surface area contributed by atoms with Crippen molar-refractivity contribution in [3.63, 3.8) is 0 Å². The summed E-state index contributed by atoms with van der Waals surface area (Å²) in [5, 5.41) is 5.37. The fraction of sp³-hybridized carbons (Fsp3) is 0.375. The van der Waals surface area contributed by atoms with E-state index < -0.39 is 0 Å². The van der Waals surface area contributed by atoms with E-state index in [9.17, 15) is 4.79 Å². The van der Waals surface area contributed by atoms with Crippen LogP contribution in [0.5, 0.6) is 0 Å². The van der Waals surface area contributed by atoms with Gasteiger partial charge in [0.15, 0.2) is 5.82 Å². The Kier molecular flexibility index (Phi) is 2.08. The molecule has 0 spiro atoms. The van der Waals surface area contributed by atoms with Crippen LogP contribution in [-0.2, 0) is 0 Å². The van der Waals surface area contributed by atoms with E-state index in [0.717, 1.165) is 12.8 Å². The molecule has 13 heavy (non-hydrogen) atoms. The summed E-state index contributed by atoms with van der Waals surface area (Å²) in [6.07, 6.45) is 6.75. The highest BCUT2D eigenvalue weighted by molar-refractivity contribution is 5.88. The van der Waals surface area contributed by atoms with E-state index in [1.165, 1.54) is 12.4 Å². The van der Waals surface area contributed by atoms with Crippen LogP contribution in [0.2, 0.25) is 0 Å². The minimum atomic E-state index is -0.206. The third-order valence-electron chi connectivity index (χ3n) is 1.72. The Balaban J connectivity index is 1.86. The Labute approximate surface area is 75.6 Å². The maximum absolute atomic E-state index is 11.2. The van der Waals surface area contributed by atoms with Crippen LogP contribution in [0, 0.1) is 0 Å². The van der Waals surface area contributed by atoms with Gasteiger partial charge in [-0.1, -0.05) is 0 Å². The molecule has 1 aromatic rings. The molecule has 0 aliphatic heterocycles. The second-order valence-electron chi connectivity index (χ2n) is 2.96. The fourth-order valence-electron chi connectivity index (χ4n) is 0.929. The molecule has 2 amide bonds. The van der Waals surface area contributed by atoms with Crippen molar-refractivity contribution in [3.05, 3.63) is 18.6 Å². The molecule has 0 saturated heterocycles. The molecule has 2 rings (SSSR count). The number of hydrogen-bond donors (Lipinski definition) is 2. The molecule has 1 heterocycles. The Bertz CT molecular complexity index is 296. The fourth-order valence-corrected chi connectivity index (χ4v) is 0.929. The van der Waals surface area contributed by atoms with E-state index in [0.29, 0.717) is 11.9 Å². The molecule has 1 aliphatic carbocycles. The molecular formula is C8H10N4O. The van der Waals surface area contributed by atoms with Crippen molar-refractivity contribution >= 4 is 11.8 Å². The molecule has 0 bridgehead atoms. The molecule has 68 valence electrons. The summed E-state index contributed by atoms with van der Waals surface area (Å²) < 4.78 is 0. The van der Waals surface area contributed by atoms with Gasteiger partial charge in [-0.3, -0.25) is 10.3 Å². The van der Waals surface area contributed by atoms with Crippen LogP contribution in [0.1, 0.15) is 12.8 Å². The van der Waals surface area contributed by atoms with Gasteiger partial charge in [0.1, 0.15) is 0 Å². The van der Waals surface area contributed by atoms with Crippen molar-refractivity contribution < 1.29 is 4.79 Å². The molecule has 0 aromatic carbocycles. The molecule has 0 radical (unpaired) electrons. The van der Waals surface area contributed by atoms with Crippen LogP contribution in [0.15, 0.2) is 18.6 Å². The van der Waals surface area contributed by atoms with E-state index in [1.807, 2.05) is 0 Å². The maximum atomic E-state index is 11.2. The summed E-state index contributed by atoms with van der Waals surface area (Å²) in [5.41, 5.74) is 0. The standard InChI is InChI=1S/C8H10N4O/c13-8(11-6-1-2-6)12-7-5-9-3-4-10-7/h3-6H,1-2H2,(H2,10,11,12,13). The minimum absolute atomic E-state index is 0.206. The zero-order valence-corrected chi connectivity index (χ0v) is 7.03. The molecule has 1 aliphatic rings. The van der Waals surface area contributed by atoms with Crippen molar-refractivity contribution in [1.29, 1.82) is 0 Å². The number of anilines is 1. The first kappa shape index (κ1) is 7.97.